The molecule has 126 valence electrons. The molecule has 0 bridgehead atoms. The Hall–Kier alpha value is -0.730. The third kappa shape index (κ3) is 6.27. The first-order valence-corrected chi connectivity index (χ1v) is 7.48. The molecule has 0 aromatic carbocycles. The second kappa shape index (κ2) is 9.32. The maximum Gasteiger partial charge on any atom is 0.370 e. The molecule has 0 spiro atoms. The molecule has 1 unspecified atom stereocenters. The van der Waals surface area contributed by atoms with Gasteiger partial charge in [-0.15, -0.1) is 0 Å². The molecule has 21 heavy (non-hydrogen) atoms. The summed E-state index contributed by atoms with van der Waals surface area (Å²) in [6.07, 6.45) is 5.79. The van der Waals surface area contributed by atoms with Crippen molar-refractivity contribution in [2.45, 2.75) is 82.4 Å². The Bertz CT molecular complexity index is 302. The Morgan fingerprint density at radius 1 is 0.905 bits per heavy atom. The summed E-state index contributed by atoms with van der Waals surface area (Å²) in [5.41, 5.74) is 0. The number of carboxylic acids is 1. The normalized spacial score (nSPS) is 14.2. The summed E-state index contributed by atoms with van der Waals surface area (Å²) in [4.78, 5) is 10.5. The Morgan fingerprint density at radius 3 is 1.76 bits per heavy atom. The van der Waals surface area contributed by atoms with E-state index in [1.165, 1.54) is 19.3 Å². The van der Waals surface area contributed by atoms with E-state index >= 15 is 0 Å². The maximum atomic E-state index is 10.5. The van der Waals surface area contributed by atoms with Crippen molar-refractivity contribution >= 4 is 5.97 Å². The fraction of sp³-hybridized carbons (Fsp3) is 0.929. The van der Waals surface area contributed by atoms with Crippen LogP contribution < -0.4 is 0 Å². The standard InChI is InChI=1S/C14H28O7/c1-2-3-4-5-6-7-8-9-10-11(15)13(18,19)14(20,21)12(16)17/h11,15,18-21H,2-10H2,1H3,(H,16,17). The van der Waals surface area contributed by atoms with Gasteiger partial charge in [-0.2, -0.15) is 0 Å². The number of rotatable bonds is 12. The second-order valence-corrected chi connectivity index (χ2v) is 5.48. The van der Waals surface area contributed by atoms with Crippen LogP contribution in [-0.2, 0) is 4.79 Å². The number of aliphatic hydroxyl groups is 5. The van der Waals surface area contributed by atoms with Gasteiger partial charge < -0.3 is 30.6 Å². The lowest BCUT2D eigenvalue weighted by Gasteiger charge is -2.34. The molecule has 0 rings (SSSR count). The third-order valence-corrected chi connectivity index (χ3v) is 3.61. The Kier molecular flexibility index (Phi) is 9.00. The number of hydrogen-bond acceptors (Lipinski definition) is 6. The van der Waals surface area contributed by atoms with Gasteiger partial charge in [0.2, 0.25) is 0 Å². The SMILES string of the molecule is CCCCCCCCCCC(O)C(O)(O)C(O)(O)C(=O)O. The van der Waals surface area contributed by atoms with Crippen molar-refractivity contribution in [1.82, 2.24) is 0 Å². The molecule has 0 fully saturated rings. The summed E-state index contributed by atoms with van der Waals surface area (Å²) >= 11 is 0. The molecular weight excluding hydrogens is 280 g/mol. The molecule has 0 radical (unpaired) electrons. The summed E-state index contributed by atoms with van der Waals surface area (Å²) in [5, 5.41) is 55.1. The van der Waals surface area contributed by atoms with E-state index in [0.29, 0.717) is 6.42 Å². The van der Waals surface area contributed by atoms with Crippen LogP contribution in [0.2, 0.25) is 0 Å². The highest BCUT2D eigenvalue weighted by Gasteiger charge is 2.58. The summed E-state index contributed by atoms with van der Waals surface area (Å²) in [6, 6.07) is 0. The molecule has 0 saturated carbocycles. The van der Waals surface area contributed by atoms with Crippen LogP contribution in [0.3, 0.4) is 0 Å². The van der Waals surface area contributed by atoms with Crippen LogP contribution in [0, 0.1) is 0 Å². The lowest BCUT2D eigenvalue weighted by Crippen LogP contribution is -2.65. The molecule has 0 aromatic rings. The zero-order valence-corrected chi connectivity index (χ0v) is 12.5. The van der Waals surface area contributed by atoms with Gasteiger partial charge in [0.1, 0.15) is 6.10 Å². The van der Waals surface area contributed by atoms with Crippen LogP contribution in [-0.4, -0.2) is 54.3 Å². The van der Waals surface area contributed by atoms with Crippen LogP contribution in [0.25, 0.3) is 0 Å². The largest absolute Gasteiger partial charge is 0.477 e. The number of carboxylic acid groups (broad SMARTS) is 1. The molecule has 1 atom stereocenters. The smallest absolute Gasteiger partial charge is 0.370 e. The van der Waals surface area contributed by atoms with E-state index in [4.69, 9.17) is 15.3 Å². The lowest BCUT2D eigenvalue weighted by molar-refractivity contribution is -0.371. The number of unbranched alkanes of at least 4 members (excludes halogenated alkanes) is 7. The first-order chi connectivity index (χ1) is 9.67. The van der Waals surface area contributed by atoms with E-state index in [0.717, 1.165) is 25.7 Å². The Labute approximate surface area is 124 Å². The zero-order valence-electron chi connectivity index (χ0n) is 12.5. The Morgan fingerprint density at radius 2 is 1.33 bits per heavy atom. The average Bonchev–Trinajstić information content (AvgIpc) is 2.40. The van der Waals surface area contributed by atoms with Crippen LogP contribution in [0.15, 0.2) is 0 Å². The fourth-order valence-corrected chi connectivity index (χ4v) is 2.06. The van der Waals surface area contributed by atoms with E-state index < -0.39 is 23.6 Å². The third-order valence-electron chi connectivity index (χ3n) is 3.61. The average molecular weight is 308 g/mol. The second-order valence-electron chi connectivity index (χ2n) is 5.48. The van der Waals surface area contributed by atoms with Gasteiger partial charge in [-0.25, -0.2) is 4.79 Å². The Balaban J connectivity index is 3.98. The van der Waals surface area contributed by atoms with Crippen LogP contribution in [0.5, 0.6) is 0 Å². The van der Waals surface area contributed by atoms with Gasteiger partial charge in [-0.3, -0.25) is 0 Å². The minimum atomic E-state index is -3.81. The summed E-state index contributed by atoms with van der Waals surface area (Å²) in [7, 11) is 0. The van der Waals surface area contributed by atoms with Gasteiger partial charge in [0.15, 0.2) is 0 Å². The van der Waals surface area contributed by atoms with Gasteiger partial charge >= 0.3 is 11.8 Å². The summed E-state index contributed by atoms with van der Waals surface area (Å²) in [6.45, 7) is 2.14. The highest BCUT2D eigenvalue weighted by Crippen LogP contribution is 2.25. The monoisotopic (exact) mass is 308 g/mol. The van der Waals surface area contributed by atoms with Crippen LogP contribution >= 0.6 is 0 Å². The highest BCUT2D eigenvalue weighted by atomic mass is 16.6. The van der Waals surface area contributed by atoms with Crippen molar-refractivity contribution in [2.24, 2.45) is 0 Å². The van der Waals surface area contributed by atoms with Gasteiger partial charge in [-0.05, 0) is 6.42 Å². The number of carbonyl (C=O) groups is 1. The van der Waals surface area contributed by atoms with Gasteiger partial charge in [0.05, 0.1) is 0 Å². The van der Waals surface area contributed by atoms with E-state index in [1.54, 1.807) is 0 Å². The molecule has 7 heteroatoms. The van der Waals surface area contributed by atoms with Gasteiger partial charge in [0.25, 0.3) is 5.79 Å². The predicted octanol–water partition coefficient (Wildman–Crippen LogP) is 0.324. The van der Waals surface area contributed by atoms with E-state index in [9.17, 15) is 20.1 Å². The molecule has 0 amide bonds. The molecule has 0 saturated heterocycles. The molecule has 0 aliphatic heterocycles. The fourth-order valence-electron chi connectivity index (χ4n) is 2.06. The van der Waals surface area contributed by atoms with Crippen molar-refractivity contribution in [3.63, 3.8) is 0 Å². The number of aliphatic carboxylic acids is 1. The van der Waals surface area contributed by atoms with Crippen molar-refractivity contribution in [3.05, 3.63) is 0 Å². The molecule has 0 aromatic heterocycles. The van der Waals surface area contributed by atoms with Gasteiger partial charge in [-0.1, -0.05) is 58.3 Å². The lowest BCUT2D eigenvalue weighted by atomic mass is 9.95. The summed E-state index contributed by atoms with van der Waals surface area (Å²) in [5.74, 6) is -9.56. The minimum absolute atomic E-state index is 0.127. The maximum absolute atomic E-state index is 10.5. The van der Waals surface area contributed by atoms with Crippen LogP contribution in [0.1, 0.15) is 64.7 Å². The molecule has 7 nitrogen and oxygen atoms in total. The predicted molar refractivity (Wildman–Crippen MR) is 75.2 cm³/mol. The molecular formula is C14H28O7. The molecule has 0 aliphatic rings. The quantitative estimate of drug-likeness (QED) is 0.225. The topological polar surface area (TPSA) is 138 Å². The van der Waals surface area contributed by atoms with Crippen molar-refractivity contribution in [3.8, 4) is 0 Å². The van der Waals surface area contributed by atoms with E-state index in [2.05, 4.69) is 6.92 Å². The minimum Gasteiger partial charge on any atom is -0.477 e. The highest BCUT2D eigenvalue weighted by molar-refractivity contribution is 5.76. The number of hydrogen-bond donors (Lipinski definition) is 6. The molecule has 0 aliphatic carbocycles. The zero-order chi connectivity index (χ0) is 16.5. The van der Waals surface area contributed by atoms with Crippen molar-refractivity contribution < 1.29 is 35.4 Å². The number of aliphatic hydroxyl groups excluding tert-OH is 1. The summed E-state index contributed by atoms with van der Waals surface area (Å²) < 4.78 is 0. The van der Waals surface area contributed by atoms with E-state index in [-0.39, 0.29) is 6.42 Å². The van der Waals surface area contributed by atoms with Crippen LogP contribution in [0.4, 0.5) is 0 Å². The first-order valence-electron chi connectivity index (χ1n) is 7.48. The molecule has 0 heterocycles. The van der Waals surface area contributed by atoms with Crippen molar-refractivity contribution in [2.75, 3.05) is 0 Å². The van der Waals surface area contributed by atoms with Gasteiger partial charge in [0, 0.05) is 0 Å². The first kappa shape index (κ1) is 20.3. The molecule has 6 N–H and O–H groups in total. The van der Waals surface area contributed by atoms with Crippen molar-refractivity contribution in [1.29, 1.82) is 0 Å². The van der Waals surface area contributed by atoms with E-state index in [1.807, 2.05) is 0 Å².